The second-order valence-corrected chi connectivity index (χ2v) is 4.88. The van der Waals surface area contributed by atoms with E-state index in [1.54, 1.807) is 0 Å². The van der Waals surface area contributed by atoms with E-state index in [4.69, 9.17) is 0 Å². The highest BCUT2D eigenvalue weighted by atomic mass is 15.3. The molecule has 0 fully saturated rings. The van der Waals surface area contributed by atoms with Gasteiger partial charge in [-0.15, -0.1) is 0 Å². The van der Waals surface area contributed by atoms with Gasteiger partial charge in [0.1, 0.15) is 0 Å². The maximum absolute atomic E-state index is 4.51. The minimum absolute atomic E-state index is 0.272. The molecule has 0 radical (unpaired) electrons. The van der Waals surface area contributed by atoms with Crippen LogP contribution in [0.4, 0.5) is 0 Å². The van der Waals surface area contributed by atoms with Crippen LogP contribution in [0.5, 0.6) is 0 Å². The largest absolute Gasteiger partial charge is 0.313 e. The Balaban J connectivity index is 2.24. The van der Waals surface area contributed by atoms with Gasteiger partial charge in [0.05, 0.1) is 5.69 Å². The highest BCUT2D eigenvalue weighted by Crippen LogP contribution is 2.20. The lowest BCUT2D eigenvalue weighted by molar-refractivity contribution is 0.557. The van der Waals surface area contributed by atoms with Crippen LogP contribution < -0.4 is 5.32 Å². The Hall–Kier alpha value is -1.68. The summed E-state index contributed by atoms with van der Waals surface area (Å²) >= 11 is 0. The zero-order valence-corrected chi connectivity index (χ0v) is 12.1. The van der Waals surface area contributed by atoms with E-state index < -0.39 is 0 Å². The molecule has 0 aliphatic carbocycles. The number of nitrogens with one attached hydrogen (secondary N) is 1. The number of aromatic nitrogens is 3. The van der Waals surface area contributed by atoms with Crippen LogP contribution in [0.1, 0.15) is 35.5 Å². The van der Waals surface area contributed by atoms with Crippen LogP contribution >= 0.6 is 0 Å². The molecule has 102 valence electrons. The number of hydrogen-bond acceptors (Lipinski definition) is 3. The van der Waals surface area contributed by atoms with Gasteiger partial charge in [-0.3, -0.25) is 9.67 Å². The van der Waals surface area contributed by atoms with Crippen molar-refractivity contribution >= 4 is 0 Å². The summed E-state index contributed by atoms with van der Waals surface area (Å²) in [5.74, 6) is 0. The van der Waals surface area contributed by atoms with Gasteiger partial charge in [-0.1, -0.05) is 6.92 Å². The Morgan fingerprint density at radius 2 is 2.21 bits per heavy atom. The third kappa shape index (κ3) is 3.01. The number of nitrogens with zero attached hydrogens (tertiary/aromatic N) is 3. The van der Waals surface area contributed by atoms with E-state index in [2.05, 4.69) is 41.4 Å². The second kappa shape index (κ2) is 5.97. The van der Waals surface area contributed by atoms with E-state index in [0.717, 1.165) is 18.5 Å². The first-order valence-corrected chi connectivity index (χ1v) is 6.75. The van der Waals surface area contributed by atoms with Gasteiger partial charge in [0, 0.05) is 37.6 Å². The molecule has 0 saturated carbocycles. The summed E-state index contributed by atoms with van der Waals surface area (Å²) in [6.45, 7) is 4.26. The van der Waals surface area contributed by atoms with Crippen molar-refractivity contribution in [1.29, 1.82) is 0 Å². The number of aryl methyl sites for hydroxylation is 3. The van der Waals surface area contributed by atoms with Crippen molar-refractivity contribution in [2.45, 2.75) is 32.7 Å². The first kappa shape index (κ1) is 13.7. The molecule has 2 rings (SSSR count). The van der Waals surface area contributed by atoms with E-state index >= 15 is 0 Å². The SMILES string of the molecule is CCc1cc(CC(NC)c2cnccc2C)n(C)n1. The van der Waals surface area contributed by atoms with Crippen molar-refractivity contribution in [2.24, 2.45) is 7.05 Å². The predicted molar refractivity (Wildman–Crippen MR) is 77.1 cm³/mol. The van der Waals surface area contributed by atoms with Gasteiger partial charge in [0.25, 0.3) is 0 Å². The van der Waals surface area contributed by atoms with Crippen molar-refractivity contribution in [3.05, 3.63) is 47.0 Å². The smallest absolute Gasteiger partial charge is 0.0624 e. The standard InChI is InChI=1S/C15H22N4/c1-5-12-8-13(19(4)18-12)9-15(16-3)14-10-17-7-6-11(14)2/h6-8,10,15-16H,5,9H2,1-4H3. The van der Waals surface area contributed by atoms with Crippen molar-refractivity contribution in [1.82, 2.24) is 20.1 Å². The van der Waals surface area contributed by atoms with Gasteiger partial charge >= 0.3 is 0 Å². The van der Waals surface area contributed by atoms with Crippen molar-refractivity contribution in [3.63, 3.8) is 0 Å². The maximum Gasteiger partial charge on any atom is 0.0624 e. The van der Waals surface area contributed by atoms with Crippen LogP contribution in [0.15, 0.2) is 24.5 Å². The van der Waals surface area contributed by atoms with Crippen LogP contribution in [0.3, 0.4) is 0 Å². The van der Waals surface area contributed by atoms with Gasteiger partial charge in [0.15, 0.2) is 0 Å². The molecule has 0 saturated heterocycles. The van der Waals surface area contributed by atoms with Crippen molar-refractivity contribution in [2.75, 3.05) is 7.05 Å². The fraction of sp³-hybridized carbons (Fsp3) is 0.467. The first-order valence-electron chi connectivity index (χ1n) is 6.75. The molecular formula is C15H22N4. The molecule has 0 amide bonds. The number of pyridine rings is 1. The summed E-state index contributed by atoms with van der Waals surface area (Å²) in [4.78, 5) is 4.24. The average molecular weight is 258 g/mol. The third-order valence-corrected chi connectivity index (χ3v) is 3.61. The van der Waals surface area contributed by atoms with Crippen molar-refractivity contribution in [3.8, 4) is 0 Å². The quantitative estimate of drug-likeness (QED) is 0.894. The van der Waals surface area contributed by atoms with Crippen molar-refractivity contribution < 1.29 is 0 Å². The van der Waals surface area contributed by atoms with Gasteiger partial charge in [-0.2, -0.15) is 5.10 Å². The van der Waals surface area contributed by atoms with E-state index in [1.165, 1.54) is 16.8 Å². The van der Waals surface area contributed by atoms with Crippen LogP contribution in [0.25, 0.3) is 0 Å². The van der Waals surface area contributed by atoms with E-state index in [-0.39, 0.29) is 6.04 Å². The Kier molecular flexibility index (Phi) is 4.32. The minimum atomic E-state index is 0.272. The molecule has 0 aromatic carbocycles. The fourth-order valence-electron chi connectivity index (χ4n) is 2.35. The Morgan fingerprint density at radius 3 is 2.79 bits per heavy atom. The highest BCUT2D eigenvalue weighted by molar-refractivity contribution is 5.27. The number of hydrogen-bond donors (Lipinski definition) is 1. The molecule has 4 heteroatoms. The minimum Gasteiger partial charge on any atom is -0.313 e. The summed E-state index contributed by atoms with van der Waals surface area (Å²) in [5.41, 5.74) is 4.92. The van der Waals surface area contributed by atoms with Crippen LogP contribution in [0, 0.1) is 6.92 Å². The summed E-state index contributed by atoms with van der Waals surface area (Å²) in [7, 11) is 4.01. The molecule has 19 heavy (non-hydrogen) atoms. The number of likely N-dealkylation sites (N-methyl/N-ethyl adjacent to an activating group) is 1. The molecule has 0 spiro atoms. The Morgan fingerprint density at radius 1 is 1.42 bits per heavy atom. The van der Waals surface area contributed by atoms with Gasteiger partial charge in [-0.25, -0.2) is 0 Å². The zero-order valence-electron chi connectivity index (χ0n) is 12.1. The van der Waals surface area contributed by atoms with Crippen LogP contribution in [0.2, 0.25) is 0 Å². The summed E-state index contributed by atoms with van der Waals surface area (Å²) in [5, 5.41) is 7.89. The summed E-state index contributed by atoms with van der Waals surface area (Å²) in [6.07, 6.45) is 5.69. The lowest BCUT2D eigenvalue weighted by atomic mass is 9.99. The molecule has 0 aliphatic rings. The third-order valence-electron chi connectivity index (χ3n) is 3.61. The van der Waals surface area contributed by atoms with E-state index in [1.807, 2.05) is 31.2 Å². The average Bonchev–Trinajstić information content (AvgIpc) is 2.77. The topological polar surface area (TPSA) is 42.7 Å². The normalized spacial score (nSPS) is 12.6. The van der Waals surface area contributed by atoms with Crippen LogP contribution in [-0.2, 0) is 19.9 Å². The molecule has 0 bridgehead atoms. The lowest BCUT2D eigenvalue weighted by Gasteiger charge is -2.18. The molecule has 2 heterocycles. The lowest BCUT2D eigenvalue weighted by Crippen LogP contribution is -2.21. The molecule has 2 aromatic heterocycles. The van der Waals surface area contributed by atoms with E-state index in [9.17, 15) is 0 Å². The summed E-state index contributed by atoms with van der Waals surface area (Å²) in [6, 6.07) is 4.52. The molecule has 0 aliphatic heterocycles. The monoisotopic (exact) mass is 258 g/mol. The molecular weight excluding hydrogens is 236 g/mol. The highest BCUT2D eigenvalue weighted by Gasteiger charge is 2.15. The molecule has 2 aromatic rings. The van der Waals surface area contributed by atoms with Crippen LogP contribution in [-0.4, -0.2) is 21.8 Å². The van der Waals surface area contributed by atoms with Gasteiger partial charge < -0.3 is 5.32 Å². The molecule has 1 N–H and O–H groups in total. The maximum atomic E-state index is 4.51. The predicted octanol–water partition coefficient (Wildman–Crippen LogP) is 2.19. The van der Waals surface area contributed by atoms with E-state index in [0.29, 0.717) is 0 Å². The van der Waals surface area contributed by atoms with Gasteiger partial charge in [0.2, 0.25) is 0 Å². The Labute approximate surface area is 114 Å². The first-order chi connectivity index (χ1) is 9.15. The molecule has 1 unspecified atom stereocenters. The molecule has 1 atom stereocenters. The fourth-order valence-corrected chi connectivity index (χ4v) is 2.35. The molecule has 4 nitrogen and oxygen atoms in total. The summed E-state index contributed by atoms with van der Waals surface area (Å²) < 4.78 is 1.98. The van der Waals surface area contributed by atoms with Gasteiger partial charge in [-0.05, 0) is 43.7 Å². The zero-order chi connectivity index (χ0) is 13.8. The Bertz CT molecular complexity index is 545. The second-order valence-electron chi connectivity index (χ2n) is 4.88. The number of rotatable bonds is 5.